The molecule has 0 aliphatic rings. The second-order valence-corrected chi connectivity index (χ2v) is 7.14. The van der Waals surface area contributed by atoms with Gasteiger partial charge in [-0.15, -0.1) is 0 Å². The third kappa shape index (κ3) is 6.12. The molecule has 4 nitrogen and oxygen atoms in total. The third-order valence-electron chi connectivity index (χ3n) is 3.19. The Morgan fingerprint density at radius 2 is 1.60 bits per heavy atom. The fourth-order valence-corrected chi connectivity index (χ4v) is 1.70. The lowest BCUT2D eigenvalue weighted by molar-refractivity contribution is -0.935. The molecule has 0 aromatic carbocycles. The van der Waals surface area contributed by atoms with E-state index in [4.69, 9.17) is 4.55 Å². The van der Waals surface area contributed by atoms with Crippen molar-refractivity contribution in [3.63, 3.8) is 0 Å². The van der Waals surface area contributed by atoms with E-state index in [2.05, 4.69) is 34.9 Å². The predicted molar refractivity (Wildman–Crippen MR) is 62.4 cm³/mol. The fraction of sp³-hybridized carbons (Fsp3) is 1.00. The highest BCUT2D eigenvalue weighted by atomic mass is 32.2. The summed E-state index contributed by atoms with van der Waals surface area (Å²) in [6.45, 7) is 7.40. The van der Waals surface area contributed by atoms with E-state index in [1.807, 2.05) is 0 Å². The van der Waals surface area contributed by atoms with Gasteiger partial charge in [-0.05, 0) is 33.6 Å². The summed E-state index contributed by atoms with van der Waals surface area (Å²) in [5.41, 5.74) is 0.151. The molecule has 0 amide bonds. The monoisotopic (exact) mass is 238 g/mol. The first-order valence-corrected chi connectivity index (χ1v) is 6.85. The van der Waals surface area contributed by atoms with Crippen molar-refractivity contribution in [1.29, 1.82) is 0 Å². The van der Waals surface area contributed by atoms with Gasteiger partial charge in [0.05, 0.1) is 31.9 Å². The van der Waals surface area contributed by atoms with Crippen LogP contribution < -0.4 is 0 Å². The molecule has 5 heteroatoms. The van der Waals surface area contributed by atoms with E-state index in [0.717, 1.165) is 17.4 Å². The first-order valence-electron chi connectivity index (χ1n) is 5.24. The minimum Gasteiger partial charge on any atom is -0.324 e. The Morgan fingerprint density at radius 3 is 1.93 bits per heavy atom. The molecule has 0 bridgehead atoms. The Bertz CT molecular complexity index is 288. The minimum atomic E-state index is -3.78. The van der Waals surface area contributed by atoms with Crippen LogP contribution in [0, 0.1) is 0 Å². The van der Waals surface area contributed by atoms with Crippen molar-refractivity contribution >= 4 is 10.1 Å². The summed E-state index contributed by atoms with van der Waals surface area (Å²) in [5.74, 6) is -0.128. The van der Waals surface area contributed by atoms with Crippen LogP contribution in [0.5, 0.6) is 0 Å². The smallest absolute Gasteiger partial charge is 0.264 e. The molecule has 0 saturated heterocycles. The van der Waals surface area contributed by atoms with E-state index in [-0.39, 0.29) is 11.3 Å². The Kier molecular flexibility index (Phi) is 4.76. The second kappa shape index (κ2) is 4.80. The molecule has 0 aromatic heterocycles. The van der Waals surface area contributed by atoms with Crippen molar-refractivity contribution in [1.82, 2.24) is 0 Å². The minimum absolute atomic E-state index is 0.128. The van der Waals surface area contributed by atoms with Gasteiger partial charge in [0.2, 0.25) is 0 Å². The zero-order chi connectivity index (χ0) is 12.3. The summed E-state index contributed by atoms with van der Waals surface area (Å²) in [6.07, 6.45) is 1.33. The lowest BCUT2D eigenvalue weighted by Crippen LogP contribution is -2.54. The van der Waals surface area contributed by atoms with Crippen molar-refractivity contribution in [3.8, 4) is 0 Å². The number of nitrogens with zero attached hydrogens (tertiary/aromatic N) is 1. The van der Waals surface area contributed by atoms with E-state index < -0.39 is 10.1 Å². The number of rotatable bonds is 5. The predicted octanol–water partition coefficient (Wildman–Crippen LogP) is 1.53. The number of quaternary nitrogens is 1. The van der Waals surface area contributed by atoms with Crippen molar-refractivity contribution in [2.75, 3.05) is 26.4 Å². The van der Waals surface area contributed by atoms with E-state index >= 15 is 0 Å². The lowest BCUT2D eigenvalue weighted by Gasteiger charge is -2.42. The highest BCUT2D eigenvalue weighted by Gasteiger charge is 2.30. The third-order valence-corrected chi connectivity index (χ3v) is 3.99. The summed E-state index contributed by atoms with van der Waals surface area (Å²) in [5, 5.41) is 0. The van der Waals surface area contributed by atoms with Crippen LogP contribution in [0.2, 0.25) is 0 Å². The summed E-state index contributed by atoms with van der Waals surface area (Å²) in [4.78, 5) is 0. The molecule has 0 heterocycles. The normalized spacial score (nSPS) is 14.3. The molecule has 0 radical (unpaired) electrons. The summed E-state index contributed by atoms with van der Waals surface area (Å²) in [7, 11) is 0.480. The Balaban J connectivity index is 3.98. The van der Waals surface area contributed by atoms with Crippen LogP contribution in [0.15, 0.2) is 0 Å². The fourth-order valence-electron chi connectivity index (χ4n) is 1.13. The first kappa shape index (κ1) is 14.9. The van der Waals surface area contributed by atoms with Crippen LogP contribution in [0.1, 0.15) is 33.6 Å². The van der Waals surface area contributed by atoms with E-state index in [9.17, 15) is 8.42 Å². The first-order chi connectivity index (χ1) is 6.46. The van der Waals surface area contributed by atoms with E-state index in [1.165, 1.54) is 0 Å². The van der Waals surface area contributed by atoms with E-state index in [0.29, 0.717) is 6.42 Å². The molecule has 1 N–H and O–H groups in total. The van der Waals surface area contributed by atoms with Gasteiger partial charge < -0.3 is 4.48 Å². The Labute approximate surface area is 93.6 Å². The van der Waals surface area contributed by atoms with Gasteiger partial charge in [0.25, 0.3) is 10.1 Å². The maximum atomic E-state index is 10.5. The van der Waals surface area contributed by atoms with Gasteiger partial charge >= 0.3 is 0 Å². The molecule has 15 heavy (non-hydrogen) atoms. The van der Waals surface area contributed by atoms with Crippen LogP contribution in [0.25, 0.3) is 0 Å². The van der Waals surface area contributed by atoms with Gasteiger partial charge in [-0.3, -0.25) is 4.55 Å². The van der Waals surface area contributed by atoms with Crippen LogP contribution in [-0.4, -0.2) is 49.4 Å². The molecular formula is C10H24NO3S+. The molecule has 0 fully saturated rings. The highest BCUT2D eigenvalue weighted by molar-refractivity contribution is 7.85. The molecule has 0 rings (SSSR count). The molecule has 92 valence electrons. The average Bonchev–Trinajstić information content (AvgIpc) is 1.94. The number of hydrogen-bond donors (Lipinski definition) is 1. The average molecular weight is 238 g/mol. The molecule has 0 aliphatic carbocycles. The quantitative estimate of drug-likeness (QED) is 0.449. The van der Waals surface area contributed by atoms with Gasteiger partial charge in [-0.1, -0.05) is 0 Å². The van der Waals surface area contributed by atoms with Crippen LogP contribution >= 0.6 is 0 Å². The van der Waals surface area contributed by atoms with Crippen molar-refractivity contribution in [2.45, 2.75) is 39.2 Å². The topological polar surface area (TPSA) is 54.4 Å². The Morgan fingerprint density at radius 1 is 1.13 bits per heavy atom. The summed E-state index contributed by atoms with van der Waals surface area (Å²) in [6, 6.07) is 0. The molecule has 0 atom stereocenters. The molecule has 0 spiro atoms. The van der Waals surface area contributed by atoms with Crippen LogP contribution in [0.3, 0.4) is 0 Å². The largest absolute Gasteiger partial charge is 0.324 e. The molecule has 0 aliphatic heterocycles. The summed E-state index contributed by atoms with van der Waals surface area (Å²) >= 11 is 0. The Hall–Kier alpha value is -0.130. The summed E-state index contributed by atoms with van der Waals surface area (Å²) < 4.78 is 30.4. The highest BCUT2D eigenvalue weighted by Crippen LogP contribution is 2.19. The van der Waals surface area contributed by atoms with Crippen molar-refractivity contribution in [3.05, 3.63) is 0 Å². The number of unbranched alkanes of at least 4 members (excludes halogenated alkanes) is 1. The molecular weight excluding hydrogens is 214 g/mol. The maximum Gasteiger partial charge on any atom is 0.264 e. The SMILES string of the molecule is CC(C)(C)[N+](C)(C)CCCCS(=O)(=O)O. The van der Waals surface area contributed by atoms with Gasteiger partial charge in [-0.25, -0.2) is 0 Å². The number of hydrogen-bond acceptors (Lipinski definition) is 2. The van der Waals surface area contributed by atoms with E-state index in [1.54, 1.807) is 0 Å². The molecule has 0 unspecified atom stereocenters. The standard InChI is InChI=1S/C10H23NO3S/c1-10(2,3)11(4,5)8-6-7-9-15(12,13)14/h6-9H2,1-5H3/p+1. The molecule has 0 saturated carbocycles. The molecule has 0 aromatic rings. The zero-order valence-electron chi connectivity index (χ0n) is 10.4. The van der Waals surface area contributed by atoms with Crippen molar-refractivity contribution in [2.24, 2.45) is 0 Å². The van der Waals surface area contributed by atoms with Crippen LogP contribution in [0.4, 0.5) is 0 Å². The van der Waals surface area contributed by atoms with Crippen molar-refractivity contribution < 1.29 is 17.5 Å². The van der Waals surface area contributed by atoms with Gasteiger partial charge in [0, 0.05) is 0 Å². The van der Waals surface area contributed by atoms with Gasteiger partial charge in [0.1, 0.15) is 0 Å². The second-order valence-electron chi connectivity index (χ2n) is 5.57. The van der Waals surface area contributed by atoms with Gasteiger partial charge in [0.15, 0.2) is 0 Å². The zero-order valence-corrected chi connectivity index (χ0v) is 11.3. The van der Waals surface area contributed by atoms with Crippen LogP contribution in [-0.2, 0) is 10.1 Å². The van der Waals surface area contributed by atoms with Gasteiger partial charge in [-0.2, -0.15) is 8.42 Å². The maximum absolute atomic E-state index is 10.5. The lowest BCUT2D eigenvalue weighted by atomic mass is 10.0.